The fraction of sp³-hybridized carbons (Fsp3) is 0. The monoisotopic (exact) mass is 790 g/mol. The predicted molar refractivity (Wildman–Crippen MR) is 256 cm³/mol. The molecular weight excluding hydrogens is 757 g/mol. The van der Waals surface area contributed by atoms with Crippen LogP contribution in [0.4, 0.5) is 0 Å². The Morgan fingerprint density at radius 1 is 0.323 bits per heavy atom. The Morgan fingerprint density at radius 3 is 1.63 bits per heavy atom. The molecule has 3 aromatic heterocycles. The first kappa shape index (κ1) is 34.5. The molecule has 0 bridgehead atoms. The summed E-state index contributed by atoms with van der Waals surface area (Å²) in [4.78, 5) is 16.0. The zero-order valence-corrected chi connectivity index (χ0v) is 33.3. The van der Waals surface area contributed by atoms with E-state index in [4.69, 9.17) is 19.4 Å². The molecule has 0 fully saturated rings. The van der Waals surface area contributed by atoms with Crippen molar-refractivity contribution >= 4 is 76.1 Å². The lowest BCUT2D eigenvalue weighted by molar-refractivity contribution is 0.669. The van der Waals surface area contributed by atoms with Crippen LogP contribution in [-0.2, 0) is 0 Å². The number of furan rings is 1. The van der Waals surface area contributed by atoms with E-state index < -0.39 is 0 Å². The number of para-hydroxylation sites is 1. The Hall–Kier alpha value is -8.41. The van der Waals surface area contributed by atoms with E-state index in [1.807, 2.05) is 24.3 Å². The second-order valence-electron chi connectivity index (χ2n) is 15.9. The first-order valence-electron chi connectivity index (χ1n) is 20.9. The van der Waals surface area contributed by atoms with Crippen LogP contribution in [0.1, 0.15) is 0 Å². The predicted octanol–water partition coefficient (Wildman–Crippen LogP) is 15.0. The first-order valence-corrected chi connectivity index (χ1v) is 20.9. The Kier molecular flexibility index (Phi) is 7.54. The summed E-state index contributed by atoms with van der Waals surface area (Å²) in [5.74, 6) is 1.76. The summed E-state index contributed by atoms with van der Waals surface area (Å²) in [5.41, 5.74) is 10.1. The Labute approximate surface area is 355 Å². The third-order valence-corrected chi connectivity index (χ3v) is 12.4. The fourth-order valence-corrected chi connectivity index (χ4v) is 9.63. The first-order chi connectivity index (χ1) is 30.7. The molecule has 0 amide bonds. The number of fused-ring (bicyclic) bond motifs is 13. The van der Waals surface area contributed by atoms with Crippen molar-refractivity contribution in [3.05, 3.63) is 206 Å². The van der Waals surface area contributed by atoms with E-state index in [2.05, 4.69) is 187 Å². The zero-order valence-electron chi connectivity index (χ0n) is 33.3. The Balaban J connectivity index is 1.15. The van der Waals surface area contributed by atoms with Crippen LogP contribution in [-0.4, -0.2) is 19.5 Å². The van der Waals surface area contributed by atoms with Crippen LogP contribution in [0.2, 0.25) is 0 Å². The van der Waals surface area contributed by atoms with Gasteiger partial charge in [-0.3, -0.25) is 4.57 Å². The van der Waals surface area contributed by atoms with Crippen LogP contribution in [0.25, 0.3) is 127 Å². The molecule has 13 aromatic rings. The highest BCUT2D eigenvalue weighted by atomic mass is 16.3. The van der Waals surface area contributed by atoms with E-state index in [1.165, 1.54) is 26.9 Å². The lowest BCUT2D eigenvalue weighted by Gasteiger charge is -2.14. The number of nitrogens with zero attached hydrogens (tertiary/aromatic N) is 4. The highest BCUT2D eigenvalue weighted by Crippen LogP contribution is 2.46. The van der Waals surface area contributed by atoms with Gasteiger partial charge in [0, 0.05) is 43.6 Å². The van der Waals surface area contributed by atoms with Crippen molar-refractivity contribution in [1.29, 1.82) is 0 Å². The van der Waals surface area contributed by atoms with Crippen LogP contribution in [0, 0.1) is 0 Å². The van der Waals surface area contributed by atoms with E-state index in [9.17, 15) is 0 Å². The molecule has 0 radical (unpaired) electrons. The molecule has 0 saturated carbocycles. The smallest absolute Gasteiger partial charge is 0.238 e. The van der Waals surface area contributed by atoms with E-state index >= 15 is 0 Å². The van der Waals surface area contributed by atoms with E-state index in [-0.39, 0.29) is 0 Å². The minimum atomic E-state index is 0.551. The van der Waals surface area contributed by atoms with Crippen LogP contribution >= 0.6 is 0 Å². The molecule has 0 aliphatic heterocycles. The molecule has 0 saturated heterocycles. The van der Waals surface area contributed by atoms with Gasteiger partial charge in [-0.1, -0.05) is 188 Å². The van der Waals surface area contributed by atoms with Gasteiger partial charge >= 0.3 is 0 Å². The summed E-state index contributed by atoms with van der Waals surface area (Å²) in [5, 5.41) is 11.5. The molecule has 13 rings (SSSR count). The lowest BCUT2D eigenvalue weighted by atomic mass is 9.95. The number of rotatable bonds is 5. The van der Waals surface area contributed by atoms with Crippen molar-refractivity contribution in [3.8, 4) is 51.0 Å². The molecular formula is C57H34N4O. The summed E-state index contributed by atoms with van der Waals surface area (Å²) in [7, 11) is 0. The van der Waals surface area contributed by atoms with Crippen molar-refractivity contribution in [1.82, 2.24) is 19.5 Å². The minimum absolute atomic E-state index is 0.551. The van der Waals surface area contributed by atoms with Crippen LogP contribution < -0.4 is 0 Å². The zero-order chi connectivity index (χ0) is 40.7. The molecule has 288 valence electrons. The van der Waals surface area contributed by atoms with Gasteiger partial charge in [0.25, 0.3) is 0 Å². The third kappa shape index (κ3) is 5.25. The van der Waals surface area contributed by atoms with Gasteiger partial charge in [0.05, 0.1) is 11.0 Å². The van der Waals surface area contributed by atoms with E-state index in [0.29, 0.717) is 17.6 Å². The Bertz CT molecular complexity index is 3910. The number of hydrogen-bond acceptors (Lipinski definition) is 4. The molecule has 5 nitrogen and oxygen atoms in total. The van der Waals surface area contributed by atoms with E-state index in [1.54, 1.807) is 0 Å². The maximum atomic E-state index is 6.49. The molecule has 0 N–H and O–H groups in total. The second kappa shape index (κ2) is 13.6. The molecule has 0 atom stereocenters. The van der Waals surface area contributed by atoms with Gasteiger partial charge in [-0.2, -0.15) is 9.97 Å². The SMILES string of the molecule is c1ccc(-c2ccc(-c3nc(-c4ccccc4)nc(-n4c5c(-c6ccc7oc8ccc9ccccc9c8c7c6)cccc5c5c6ccccc6c6ccccc6c54)n3)cc2)cc1. The molecule has 10 aromatic carbocycles. The normalized spacial score (nSPS) is 11.9. The Morgan fingerprint density at radius 2 is 0.871 bits per heavy atom. The number of benzene rings is 10. The fourth-order valence-electron chi connectivity index (χ4n) is 9.63. The quantitative estimate of drug-likeness (QED) is 0.163. The van der Waals surface area contributed by atoms with Gasteiger partial charge in [0.2, 0.25) is 5.95 Å². The summed E-state index contributed by atoms with van der Waals surface area (Å²) in [6.07, 6.45) is 0. The van der Waals surface area contributed by atoms with Crippen LogP contribution in [0.5, 0.6) is 0 Å². The maximum absolute atomic E-state index is 6.49. The standard InChI is InChI=1S/C57H34N4O/c1-3-14-35(15-4-1)36-26-28-39(29-27-36)56-58-55(38-17-5-2-6-18-38)59-57(60-56)61-53-42(40-31-32-49-48(34-40)51-41-19-8-7-16-37(41)30-33-50(51)62-49)24-13-25-47(53)52-45-22-11-9-20-43(45)44-21-10-12-23-46(44)54(52)61/h1-34H. The van der Waals surface area contributed by atoms with Crippen molar-refractivity contribution < 1.29 is 4.42 Å². The molecule has 62 heavy (non-hydrogen) atoms. The average Bonchev–Trinajstić information content (AvgIpc) is 3.91. The van der Waals surface area contributed by atoms with Crippen LogP contribution in [0.3, 0.4) is 0 Å². The van der Waals surface area contributed by atoms with Gasteiger partial charge in [-0.05, 0) is 61.8 Å². The van der Waals surface area contributed by atoms with Crippen molar-refractivity contribution in [2.24, 2.45) is 0 Å². The lowest BCUT2D eigenvalue weighted by Crippen LogP contribution is -2.07. The van der Waals surface area contributed by atoms with Gasteiger partial charge in [-0.15, -0.1) is 0 Å². The molecule has 3 heterocycles. The molecule has 0 unspecified atom stereocenters. The summed E-state index contributed by atoms with van der Waals surface area (Å²) in [6.45, 7) is 0. The third-order valence-electron chi connectivity index (χ3n) is 12.4. The van der Waals surface area contributed by atoms with Crippen LogP contribution in [0.15, 0.2) is 211 Å². The van der Waals surface area contributed by atoms with Gasteiger partial charge in [0.15, 0.2) is 11.6 Å². The number of aromatic nitrogens is 4. The second-order valence-corrected chi connectivity index (χ2v) is 15.9. The summed E-state index contributed by atoms with van der Waals surface area (Å²) >= 11 is 0. The molecule has 5 heteroatoms. The largest absolute Gasteiger partial charge is 0.456 e. The van der Waals surface area contributed by atoms with Crippen molar-refractivity contribution in [3.63, 3.8) is 0 Å². The molecule has 0 aliphatic carbocycles. The molecule has 0 spiro atoms. The highest BCUT2D eigenvalue weighted by molar-refractivity contribution is 6.33. The highest BCUT2D eigenvalue weighted by Gasteiger charge is 2.25. The summed E-state index contributed by atoms with van der Waals surface area (Å²) < 4.78 is 8.79. The average molecular weight is 791 g/mol. The van der Waals surface area contributed by atoms with Crippen molar-refractivity contribution in [2.75, 3.05) is 0 Å². The van der Waals surface area contributed by atoms with E-state index in [0.717, 1.165) is 82.5 Å². The topological polar surface area (TPSA) is 56.7 Å². The summed E-state index contributed by atoms with van der Waals surface area (Å²) in [6, 6.07) is 72.7. The van der Waals surface area contributed by atoms with Gasteiger partial charge in [-0.25, -0.2) is 4.98 Å². The van der Waals surface area contributed by atoms with Crippen molar-refractivity contribution in [2.45, 2.75) is 0 Å². The maximum Gasteiger partial charge on any atom is 0.238 e. The van der Waals surface area contributed by atoms with Gasteiger partial charge in [0.1, 0.15) is 11.2 Å². The number of hydrogen-bond donors (Lipinski definition) is 0. The minimum Gasteiger partial charge on any atom is -0.456 e. The van der Waals surface area contributed by atoms with Gasteiger partial charge < -0.3 is 4.42 Å². The molecule has 0 aliphatic rings.